The number of nitrogens with one attached hydrogen (secondary N) is 1. The molecule has 3 heterocycles. The maximum absolute atomic E-state index is 14.0. The van der Waals surface area contributed by atoms with Gasteiger partial charge >= 0.3 is 0 Å². The highest BCUT2D eigenvalue weighted by Gasteiger charge is 2.44. The minimum absolute atomic E-state index is 0.102. The number of rotatable bonds is 7. The molecule has 11 nitrogen and oxygen atoms in total. The van der Waals surface area contributed by atoms with Gasteiger partial charge in [-0.1, -0.05) is 15.9 Å². The molecule has 0 radical (unpaired) electrons. The Bertz CT molecular complexity index is 1440. The van der Waals surface area contributed by atoms with E-state index in [1.54, 1.807) is 49.8 Å². The van der Waals surface area contributed by atoms with Crippen LogP contribution in [0.15, 0.2) is 52.7 Å². The number of fused-ring (bicyclic) bond motifs is 1. The first kappa shape index (κ1) is 27.0. The van der Waals surface area contributed by atoms with Gasteiger partial charge in [0, 0.05) is 48.6 Å². The van der Waals surface area contributed by atoms with Gasteiger partial charge in [0.05, 0.1) is 31.4 Å². The molecule has 0 aliphatic carbocycles. The number of aromatic nitrogens is 4. The van der Waals surface area contributed by atoms with Gasteiger partial charge in [-0.3, -0.25) is 9.59 Å². The molecule has 198 valence electrons. The van der Waals surface area contributed by atoms with Crippen LogP contribution in [0.3, 0.4) is 0 Å². The van der Waals surface area contributed by atoms with Crippen molar-refractivity contribution in [2.75, 3.05) is 11.4 Å². The van der Waals surface area contributed by atoms with E-state index >= 15 is 0 Å². The zero-order chi connectivity index (χ0) is 27.1. The molecule has 1 atom stereocenters. The molecule has 0 fully saturated rings. The maximum atomic E-state index is 14.0. The van der Waals surface area contributed by atoms with Gasteiger partial charge in [-0.05, 0) is 44.5 Å². The Morgan fingerprint density at radius 2 is 1.97 bits per heavy atom. The number of sulfonamides is 1. The molecule has 1 aliphatic rings. The van der Waals surface area contributed by atoms with E-state index in [0.717, 1.165) is 20.0 Å². The number of imidazole rings is 2. The molecule has 1 unspecified atom stereocenters. The topological polar surface area (TPSA) is 122 Å². The van der Waals surface area contributed by atoms with Crippen molar-refractivity contribution >= 4 is 43.5 Å². The molecule has 4 rings (SSSR count). The van der Waals surface area contributed by atoms with Crippen molar-refractivity contribution in [1.29, 1.82) is 0 Å². The fourth-order valence-electron chi connectivity index (χ4n) is 4.27. The van der Waals surface area contributed by atoms with Crippen LogP contribution in [0.2, 0.25) is 0 Å². The molecule has 1 aliphatic heterocycles. The Labute approximate surface area is 224 Å². The highest BCUT2D eigenvalue weighted by atomic mass is 79.9. The van der Waals surface area contributed by atoms with E-state index in [-0.39, 0.29) is 18.0 Å². The second-order valence-electron chi connectivity index (χ2n) is 10.1. The number of aryl methyl sites for hydroxylation is 2. The number of hydrogen-bond donors (Lipinski definition) is 1. The van der Waals surface area contributed by atoms with Crippen LogP contribution in [0.25, 0.3) is 0 Å². The average molecular weight is 593 g/mol. The lowest BCUT2D eigenvalue weighted by Crippen LogP contribution is -2.57. The van der Waals surface area contributed by atoms with Crippen molar-refractivity contribution in [1.82, 2.24) is 28.7 Å². The van der Waals surface area contributed by atoms with Gasteiger partial charge in [-0.15, -0.1) is 0 Å². The summed E-state index contributed by atoms with van der Waals surface area (Å²) >= 11 is 3.48. The number of anilines is 1. The van der Waals surface area contributed by atoms with Gasteiger partial charge < -0.3 is 19.4 Å². The van der Waals surface area contributed by atoms with Gasteiger partial charge in [-0.25, -0.2) is 18.4 Å². The first-order valence-corrected chi connectivity index (χ1v) is 13.9. The van der Waals surface area contributed by atoms with E-state index in [2.05, 4.69) is 31.2 Å². The van der Waals surface area contributed by atoms with Gasteiger partial charge in [0.15, 0.2) is 5.03 Å². The normalized spacial score (nSPS) is 16.2. The molecular formula is C24H30BrN7O4S. The number of carbonyl (C=O) groups excluding carboxylic acids is 2. The number of benzene rings is 1. The van der Waals surface area contributed by atoms with Crippen LogP contribution in [0.1, 0.15) is 32.0 Å². The molecule has 37 heavy (non-hydrogen) atoms. The molecule has 0 bridgehead atoms. The van der Waals surface area contributed by atoms with E-state index < -0.39 is 40.0 Å². The standard InChI is InChI=1S/C24H30BrN7O4S/c1-24(2,3)28-21(33)12-32(37(35,36)22-13-29(4)15-27-22)20-9-16-8-17(25)6-7-19(16)31(23(20)34)11-18-10-26-14-30(18)5/h6-8,10,13-15,20H,9,11-12H2,1-5H3,(H,28,33). The lowest BCUT2D eigenvalue weighted by Gasteiger charge is -2.38. The van der Waals surface area contributed by atoms with Crippen LogP contribution in [-0.2, 0) is 46.7 Å². The number of amides is 2. The summed E-state index contributed by atoms with van der Waals surface area (Å²) in [6.45, 7) is 5.06. The van der Waals surface area contributed by atoms with Crippen LogP contribution in [0, 0.1) is 0 Å². The van der Waals surface area contributed by atoms with E-state index in [4.69, 9.17) is 0 Å². The molecule has 2 aromatic heterocycles. The summed E-state index contributed by atoms with van der Waals surface area (Å²) in [5.74, 6) is -0.947. The van der Waals surface area contributed by atoms with Crippen LogP contribution in [0.5, 0.6) is 0 Å². The quantitative estimate of drug-likeness (QED) is 0.448. The maximum Gasteiger partial charge on any atom is 0.263 e. The molecule has 0 spiro atoms. The van der Waals surface area contributed by atoms with Crippen LogP contribution in [0.4, 0.5) is 5.69 Å². The van der Waals surface area contributed by atoms with Gasteiger partial charge in [0.25, 0.3) is 10.0 Å². The third kappa shape index (κ3) is 5.78. The molecule has 1 aromatic carbocycles. The molecule has 3 aromatic rings. The highest BCUT2D eigenvalue weighted by molar-refractivity contribution is 9.10. The third-order valence-electron chi connectivity index (χ3n) is 5.95. The summed E-state index contributed by atoms with van der Waals surface area (Å²) in [5, 5.41) is 2.57. The first-order chi connectivity index (χ1) is 17.3. The van der Waals surface area contributed by atoms with Crippen molar-refractivity contribution in [3.8, 4) is 0 Å². The number of nitrogens with zero attached hydrogens (tertiary/aromatic N) is 6. The van der Waals surface area contributed by atoms with Crippen molar-refractivity contribution in [2.24, 2.45) is 14.1 Å². The minimum Gasteiger partial charge on any atom is -0.350 e. The monoisotopic (exact) mass is 591 g/mol. The smallest absolute Gasteiger partial charge is 0.263 e. The van der Waals surface area contributed by atoms with Crippen LogP contribution in [-0.4, -0.2) is 61.8 Å². The van der Waals surface area contributed by atoms with E-state index in [0.29, 0.717) is 5.69 Å². The molecule has 1 N–H and O–H groups in total. The second-order valence-corrected chi connectivity index (χ2v) is 12.9. The number of carbonyl (C=O) groups is 2. The Balaban J connectivity index is 1.80. The Morgan fingerprint density at radius 3 is 2.57 bits per heavy atom. The summed E-state index contributed by atoms with van der Waals surface area (Å²) in [7, 11) is -0.830. The van der Waals surface area contributed by atoms with Crippen LogP contribution < -0.4 is 10.2 Å². The molecule has 0 saturated heterocycles. The van der Waals surface area contributed by atoms with Gasteiger partial charge in [0.2, 0.25) is 11.8 Å². The lowest BCUT2D eigenvalue weighted by atomic mass is 9.96. The van der Waals surface area contributed by atoms with Crippen molar-refractivity contribution < 1.29 is 18.0 Å². The fraction of sp³-hybridized carbons (Fsp3) is 0.417. The summed E-state index contributed by atoms with van der Waals surface area (Å²) in [6.07, 6.45) is 6.12. The Hall–Kier alpha value is -3.03. The second kappa shape index (κ2) is 10.0. The average Bonchev–Trinajstić information content (AvgIpc) is 3.41. The molecule has 2 amide bonds. The summed E-state index contributed by atoms with van der Waals surface area (Å²) in [6, 6.07) is 4.37. The predicted molar refractivity (Wildman–Crippen MR) is 141 cm³/mol. The first-order valence-electron chi connectivity index (χ1n) is 11.6. The molecule has 0 saturated carbocycles. The SMILES string of the molecule is Cn1cnc(S(=O)(=O)N(CC(=O)NC(C)(C)C)C2Cc3cc(Br)ccc3N(Cc3cncn3C)C2=O)c1. The number of hydrogen-bond acceptors (Lipinski definition) is 6. The zero-order valence-corrected chi connectivity index (χ0v) is 23.7. The fourth-order valence-corrected chi connectivity index (χ4v) is 6.18. The summed E-state index contributed by atoms with van der Waals surface area (Å²) in [5.41, 5.74) is 1.64. The van der Waals surface area contributed by atoms with Crippen molar-refractivity contribution in [3.05, 3.63) is 59.0 Å². The zero-order valence-electron chi connectivity index (χ0n) is 21.3. The largest absolute Gasteiger partial charge is 0.350 e. The van der Waals surface area contributed by atoms with E-state index in [1.807, 2.05) is 25.2 Å². The van der Waals surface area contributed by atoms with Crippen molar-refractivity contribution in [2.45, 2.75) is 50.3 Å². The highest BCUT2D eigenvalue weighted by Crippen LogP contribution is 2.34. The summed E-state index contributed by atoms with van der Waals surface area (Å²) in [4.78, 5) is 36.7. The lowest BCUT2D eigenvalue weighted by molar-refractivity contribution is -0.125. The molecule has 13 heteroatoms. The van der Waals surface area contributed by atoms with Crippen molar-refractivity contribution in [3.63, 3.8) is 0 Å². The minimum atomic E-state index is -4.31. The summed E-state index contributed by atoms with van der Waals surface area (Å²) < 4.78 is 32.7. The van der Waals surface area contributed by atoms with Gasteiger partial charge in [-0.2, -0.15) is 4.31 Å². The third-order valence-corrected chi connectivity index (χ3v) is 8.18. The Morgan fingerprint density at radius 1 is 1.24 bits per heavy atom. The number of halogens is 1. The predicted octanol–water partition coefficient (Wildman–Crippen LogP) is 1.98. The van der Waals surface area contributed by atoms with Crippen LogP contribution >= 0.6 is 15.9 Å². The van der Waals surface area contributed by atoms with E-state index in [1.165, 1.54) is 17.1 Å². The van der Waals surface area contributed by atoms with Gasteiger partial charge in [0.1, 0.15) is 6.04 Å². The van der Waals surface area contributed by atoms with E-state index in [9.17, 15) is 18.0 Å². The molecular weight excluding hydrogens is 562 g/mol. The Kier molecular flexibility index (Phi) is 7.32.